The normalized spacial score (nSPS) is 15.9. The minimum atomic E-state index is -0.228. The molecule has 1 fully saturated rings. The van der Waals surface area contributed by atoms with Crippen molar-refractivity contribution in [3.8, 4) is 0 Å². The number of pyridine rings is 1. The van der Waals surface area contributed by atoms with Crippen LogP contribution >= 0.6 is 24.0 Å². The van der Waals surface area contributed by atoms with Crippen molar-refractivity contribution in [1.82, 2.24) is 14.3 Å². The summed E-state index contributed by atoms with van der Waals surface area (Å²) < 4.78 is 1.96. The highest BCUT2D eigenvalue weighted by molar-refractivity contribution is 8.26. The van der Waals surface area contributed by atoms with Crippen molar-refractivity contribution in [3.05, 3.63) is 57.4 Å². The third kappa shape index (κ3) is 3.88. The van der Waals surface area contributed by atoms with Crippen LogP contribution < -0.4 is 10.9 Å². The maximum absolute atomic E-state index is 13.2. The lowest BCUT2D eigenvalue weighted by molar-refractivity contribution is -0.121. The molecule has 146 valence electrons. The van der Waals surface area contributed by atoms with E-state index in [2.05, 4.69) is 30.7 Å². The SMILES string of the molecule is C=CCN1C(=O)/C(=C\c2c(NCC(C)C)nc3c(C)cccn3c2=O)SC1=S. The minimum Gasteiger partial charge on any atom is -0.369 e. The van der Waals surface area contributed by atoms with Gasteiger partial charge < -0.3 is 5.32 Å². The van der Waals surface area contributed by atoms with Crippen LogP contribution in [0.1, 0.15) is 25.0 Å². The molecule has 1 N–H and O–H groups in total. The lowest BCUT2D eigenvalue weighted by atomic mass is 10.2. The highest BCUT2D eigenvalue weighted by Crippen LogP contribution is 2.33. The number of hydrogen-bond acceptors (Lipinski definition) is 6. The van der Waals surface area contributed by atoms with Gasteiger partial charge in [0.15, 0.2) is 0 Å². The molecule has 0 radical (unpaired) electrons. The monoisotopic (exact) mass is 414 g/mol. The van der Waals surface area contributed by atoms with Gasteiger partial charge in [0.1, 0.15) is 15.8 Å². The Balaban J connectivity index is 2.16. The summed E-state index contributed by atoms with van der Waals surface area (Å²) in [4.78, 5) is 32.4. The first-order chi connectivity index (χ1) is 13.3. The van der Waals surface area contributed by atoms with Crippen LogP contribution in [0, 0.1) is 12.8 Å². The summed E-state index contributed by atoms with van der Waals surface area (Å²) in [6.07, 6.45) is 4.90. The van der Waals surface area contributed by atoms with Crippen molar-refractivity contribution < 1.29 is 4.79 Å². The number of carbonyl (C=O) groups excluding carboxylic acids is 1. The van der Waals surface area contributed by atoms with Gasteiger partial charge in [0.2, 0.25) is 0 Å². The number of carbonyl (C=O) groups is 1. The van der Waals surface area contributed by atoms with Crippen molar-refractivity contribution >= 4 is 51.7 Å². The fourth-order valence-electron chi connectivity index (χ4n) is 2.79. The molecule has 1 aliphatic heterocycles. The van der Waals surface area contributed by atoms with Crippen molar-refractivity contribution in [2.75, 3.05) is 18.4 Å². The topological polar surface area (TPSA) is 66.7 Å². The first-order valence-electron chi connectivity index (χ1n) is 8.95. The lowest BCUT2D eigenvalue weighted by Gasteiger charge is -2.13. The molecule has 3 rings (SSSR count). The Kier molecular flexibility index (Phi) is 6.00. The van der Waals surface area contributed by atoms with Crippen LogP contribution in [-0.2, 0) is 4.79 Å². The zero-order valence-corrected chi connectivity index (χ0v) is 17.7. The number of aromatic nitrogens is 2. The molecule has 0 aliphatic carbocycles. The molecule has 0 atom stereocenters. The first-order valence-corrected chi connectivity index (χ1v) is 10.2. The first kappa shape index (κ1) is 20.3. The van der Waals surface area contributed by atoms with Crippen LogP contribution in [0.4, 0.5) is 5.82 Å². The zero-order valence-electron chi connectivity index (χ0n) is 16.1. The molecule has 28 heavy (non-hydrogen) atoms. The molecule has 0 unspecified atom stereocenters. The van der Waals surface area contributed by atoms with Gasteiger partial charge in [-0.3, -0.25) is 18.9 Å². The highest BCUT2D eigenvalue weighted by Gasteiger charge is 2.31. The fraction of sp³-hybridized carbons (Fsp3) is 0.300. The Morgan fingerprint density at radius 2 is 2.14 bits per heavy atom. The molecule has 3 heterocycles. The van der Waals surface area contributed by atoms with Gasteiger partial charge >= 0.3 is 0 Å². The summed E-state index contributed by atoms with van der Waals surface area (Å²) in [5.41, 5.74) is 1.61. The molecule has 2 aromatic heterocycles. The van der Waals surface area contributed by atoms with E-state index in [0.29, 0.717) is 45.3 Å². The number of anilines is 1. The Morgan fingerprint density at radius 3 is 2.82 bits per heavy atom. The molecular weight excluding hydrogens is 392 g/mol. The van der Waals surface area contributed by atoms with E-state index in [1.807, 2.05) is 13.0 Å². The fourth-order valence-corrected chi connectivity index (χ4v) is 4.05. The van der Waals surface area contributed by atoms with Gasteiger partial charge in [-0.05, 0) is 30.5 Å². The Bertz CT molecular complexity index is 1060. The van der Waals surface area contributed by atoms with Gasteiger partial charge in [-0.1, -0.05) is 50.0 Å². The molecule has 2 aromatic rings. The number of aryl methyl sites for hydroxylation is 1. The zero-order chi connectivity index (χ0) is 20.4. The lowest BCUT2D eigenvalue weighted by Crippen LogP contribution is -2.28. The molecule has 8 heteroatoms. The number of nitrogens with one attached hydrogen (secondary N) is 1. The summed E-state index contributed by atoms with van der Waals surface area (Å²) in [5, 5.41) is 3.26. The second-order valence-corrected chi connectivity index (χ2v) is 8.60. The Morgan fingerprint density at radius 1 is 1.39 bits per heavy atom. The molecule has 0 bridgehead atoms. The Hall–Kier alpha value is -2.45. The summed E-state index contributed by atoms with van der Waals surface area (Å²) in [5.74, 6) is 0.621. The maximum atomic E-state index is 13.2. The van der Waals surface area contributed by atoms with Gasteiger partial charge in [-0.25, -0.2) is 4.98 Å². The predicted molar refractivity (Wildman–Crippen MR) is 120 cm³/mol. The van der Waals surface area contributed by atoms with Gasteiger partial charge in [0.25, 0.3) is 11.5 Å². The van der Waals surface area contributed by atoms with Crippen molar-refractivity contribution in [2.24, 2.45) is 5.92 Å². The van der Waals surface area contributed by atoms with Crippen LogP contribution in [0.5, 0.6) is 0 Å². The number of rotatable bonds is 6. The van der Waals surface area contributed by atoms with E-state index in [1.165, 1.54) is 21.1 Å². The molecular formula is C20H22N4O2S2. The van der Waals surface area contributed by atoms with Gasteiger partial charge in [-0.2, -0.15) is 0 Å². The molecule has 1 saturated heterocycles. The van der Waals surface area contributed by atoms with Crippen LogP contribution in [0.3, 0.4) is 0 Å². The maximum Gasteiger partial charge on any atom is 0.267 e. The van der Waals surface area contributed by atoms with E-state index >= 15 is 0 Å². The van der Waals surface area contributed by atoms with E-state index in [-0.39, 0.29) is 11.5 Å². The number of fused-ring (bicyclic) bond motifs is 1. The van der Waals surface area contributed by atoms with Crippen molar-refractivity contribution in [2.45, 2.75) is 20.8 Å². The molecule has 6 nitrogen and oxygen atoms in total. The summed E-state index contributed by atoms with van der Waals surface area (Å²) in [6.45, 7) is 10.7. The Labute approximate surface area is 173 Å². The number of hydrogen-bond donors (Lipinski definition) is 1. The number of thioether (sulfide) groups is 1. The third-order valence-corrected chi connectivity index (χ3v) is 5.60. The highest BCUT2D eigenvalue weighted by atomic mass is 32.2. The molecule has 0 saturated carbocycles. The largest absolute Gasteiger partial charge is 0.369 e. The molecule has 1 aliphatic rings. The van der Waals surface area contributed by atoms with E-state index in [9.17, 15) is 9.59 Å². The van der Waals surface area contributed by atoms with Crippen LogP contribution in [-0.4, -0.2) is 37.6 Å². The third-order valence-electron chi connectivity index (χ3n) is 4.22. The van der Waals surface area contributed by atoms with Gasteiger partial charge in [0, 0.05) is 19.3 Å². The van der Waals surface area contributed by atoms with Gasteiger partial charge in [0.05, 0.1) is 10.5 Å². The minimum absolute atomic E-state index is 0.224. The molecule has 0 spiro atoms. The van der Waals surface area contributed by atoms with Crippen LogP contribution in [0.2, 0.25) is 0 Å². The second-order valence-electron chi connectivity index (χ2n) is 6.92. The average molecular weight is 415 g/mol. The van der Waals surface area contributed by atoms with Crippen LogP contribution in [0.15, 0.2) is 40.7 Å². The van der Waals surface area contributed by atoms with E-state index in [4.69, 9.17) is 12.2 Å². The van der Waals surface area contributed by atoms with Crippen molar-refractivity contribution in [1.29, 1.82) is 0 Å². The predicted octanol–water partition coefficient (Wildman–Crippen LogP) is 3.46. The van der Waals surface area contributed by atoms with Crippen LogP contribution in [0.25, 0.3) is 11.7 Å². The summed E-state index contributed by atoms with van der Waals surface area (Å²) >= 11 is 6.47. The quantitative estimate of drug-likeness (QED) is 0.444. The number of amides is 1. The summed E-state index contributed by atoms with van der Waals surface area (Å²) in [6, 6.07) is 3.72. The standard InChI is InChI=1S/C20H22N4O2S2/c1-5-8-24-19(26)15(28-20(24)27)10-14-16(21-11-12(2)3)22-17-13(4)7-6-9-23(17)18(14)25/h5-7,9-10,12,21H,1,8,11H2,2-4H3/b15-10+. The number of nitrogens with zero attached hydrogens (tertiary/aromatic N) is 3. The molecule has 1 amide bonds. The van der Waals surface area contributed by atoms with E-state index < -0.39 is 0 Å². The second kappa shape index (κ2) is 8.28. The average Bonchev–Trinajstić information content (AvgIpc) is 2.91. The van der Waals surface area contributed by atoms with E-state index in [1.54, 1.807) is 24.4 Å². The molecule has 0 aromatic carbocycles. The van der Waals surface area contributed by atoms with Crippen molar-refractivity contribution in [3.63, 3.8) is 0 Å². The smallest absolute Gasteiger partial charge is 0.267 e. The number of thiocarbonyl (C=S) groups is 1. The summed E-state index contributed by atoms with van der Waals surface area (Å²) in [7, 11) is 0. The van der Waals surface area contributed by atoms with Gasteiger partial charge in [-0.15, -0.1) is 6.58 Å². The van der Waals surface area contributed by atoms with E-state index in [0.717, 1.165) is 5.56 Å².